The van der Waals surface area contributed by atoms with Gasteiger partial charge >= 0.3 is 12.1 Å². The summed E-state index contributed by atoms with van der Waals surface area (Å²) in [5.74, 6) is -2.04. The Kier molecular flexibility index (Phi) is 8.13. The Balaban J connectivity index is 0.000000646. The van der Waals surface area contributed by atoms with Crippen molar-refractivity contribution < 1.29 is 27.6 Å². The van der Waals surface area contributed by atoms with Crippen LogP contribution in [0.3, 0.4) is 0 Å². The molecule has 1 heterocycles. The van der Waals surface area contributed by atoms with Crippen molar-refractivity contribution in [2.45, 2.75) is 19.1 Å². The third-order valence-electron chi connectivity index (χ3n) is 2.85. The molecule has 2 aromatic rings. The summed E-state index contributed by atoms with van der Waals surface area (Å²) >= 11 is 5.02. The van der Waals surface area contributed by atoms with Gasteiger partial charge in [0.15, 0.2) is 0 Å². The maximum absolute atomic E-state index is 12.4. The number of hydrogen-bond donors (Lipinski definition) is 3. The molecule has 0 aliphatic heterocycles. The van der Waals surface area contributed by atoms with E-state index < -0.39 is 24.0 Å². The standard InChI is InChI=1S/C13H11F3N4O2.C3H5ClO/c1-7(6-17)18-11(21)9-4-2-8(3-5-9)10-19-12(22-20-10)13(14,15)16;1-3(4)2-5/h2-7,17H,1H3,(H,18,21);5H,1-2H2. The fourth-order valence-electron chi connectivity index (χ4n) is 1.56. The molecule has 146 valence electrons. The van der Waals surface area contributed by atoms with Crippen molar-refractivity contribution in [2.75, 3.05) is 6.61 Å². The fraction of sp³-hybridized carbons (Fsp3) is 0.250. The molecule has 0 bridgehead atoms. The molecule has 0 aliphatic rings. The smallest absolute Gasteiger partial charge is 0.391 e. The van der Waals surface area contributed by atoms with E-state index in [0.29, 0.717) is 5.56 Å². The molecular weight excluding hydrogens is 389 g/mol. The summed E-state index contributed by atoms with van der Waals surface area (Å²) < 4.78 is 41.3. The number of nitrogens with zero attached hydrogens (tertiary/aromatic N) is 2. The van der Waals surface area contributed by atoms with E-state index in [1.54, 1.807) is 6.92 Å². The number of benzene rings is 1. The van der Waals surface area contributed by atoms with Crippen molar-refractivity contribution in [3.05, 3.63) is 47.3 Å². The van der Waals surface area contributed by atoms with Gasteiger partial charge in [-0.15, -0.1) is 0 Å². The van der Waals surface area contributed by atoms with Crippen LogP contribution >= 0.6 is 11.6 Å². The molecule has 2 rings (SSSR count). The summed E-state index contributed by atoms with van der Waals surface area (Å²) in [6, 6.07) is 5.25. The average Bonchev–Trinajstić information content (AvgIpc) is 3.12. The van der Waals surface area contributed by atoms with E-state index in [1.807, 2.05) is 0 Å². The van der Waals surface area contributed by atoms with Gasteiger partial charge in [0.25, 0.3) is 5.91 Å². The van der Waals surface area contributed by atoms with E-state index in [4.69, 9.17) is 22.1 Å². The van der Waals surface area contributed by atoms with Gasteiger partial charge < -0.3 is 20.4 Å². The topological polar surface area (TPSA) is 112 Å². The summed E-state index contributed by atoms with van der Waals surface area (Å²) in [5.41, 5.74) is 0.591. The minimum Gasteiger partial charge on any atom is -0.391 e. The number of carbonyl (C=O) groups is 1. The Morgan fingerprint density at radius 1 is 1.44 bits per heavy atom. The van der Waals surface area contributed by atoms with Gasteiger partial charge in [-0.05, 0) is 19.1 Å². The largest absolute Gasteiger partial charge is 0.471 e. The first-order chi connectivity index (χ1) is 12.6. The Labute approximate surface area is 157 Å². The van der Waals surface area contributed by atoms with E-state index in [2.05, 4.69) is 26.6 Å². The van der Waals surface area contributed by atoms with E-state index in [9.17, 15) is 18.0 Å². The molecule has 0 spiro atoms. The van der Waals surface area contributed by atoms with Crippen molar-refractivity contribution in [3.63, 3.8) is 0 Å². The van der Waals surface area contributed by atoms with Gasteiger partial charge in [0.05, 0.1) is 12.6 Å². The number of amides is 1. The van der Waals surface area contributed by atoms with E-state index in [-0.39, 0.29) is 23.0 Å². The number of hydrogen-bond acceptors (Lipinski definition) is 6. The molecule has 0 saturated carbocycles. The lowest BCUT2D eigenvalue weighted by molar-refractivity contribution is -0.159. The lowest BCUT2D eigenvalue weighted by Crippen LogP contribution is -2.33. The molecular formula is C16H16ClF3N4O3. The number of alkyl halides is 3. The number of carbonyl (C=O) groups excluding carboxylic acids is 1. The lowest BCUT2D eigenvalue weighted by atomic mass is 10.1. The first-order valence-corrected chi connectivity index (χ1v) is 7.73. The van der Waals surface area contributed by atoms with Gasteiger partial charge in [-0.3, -0.25) is 4.79 Å². The minimum absolute atomic E-state index is 0.123. The summed E-state index contributed by atoms with van der Waals surface area (Å²) in [4.78, 5) is 15.0. The van der Waals surface area contributed by atoms with Crippen LogP contribution < -0.4 is 5.32 Å². The molecule has 1 aromatic carbocycles. The number of aliphatic hydroxyl groups excluding tert-OH is 1. The van der Waals surface area contributed by atoms with Crippen molar-refractivity contribution in [2.24, 2.45) is 0 Å². The molecule has 1 amide bonds. The number of aromatic nitrogens is 2. The second-order valence-corrected chi connectivity index (χ2v) is 5.64. The van der Waals surface area contributed by atoms with Gasteiger partial charge in [-0.2, -0.15) is 18.2 Å². The first kappa shape index (κ1) is 22.3. The predicted molar refractivity (Wildman–Crippen MR) is 92.5 cm³/mol. The predicted octanol–water partition coefficient (Wildman–Crippen LogP) is 3.25. The highest BCUT2D eigenvalue weighted by molar-refractivity contribution is 6.29. The molecule has 1 unspecified atom stereocenters. The highest BCUT2D eigenvalue weighted by Gasteiger charge is 2.38. The monoisotopic (exact) mass is 404 g/mol. The number of rotatable bonds is 5. The Hall–Kier alpha value is -2.72. The van der Waals surface area contributed by atoms with Crippen molar-refractivity contribution in [3.8, 4) is 11.4 Å². The van der Waals surface area contributed by atoms with E-state index in [0.717, 1.165) is 6.21 Å². The second kappa shape index (κ2) is 9.83. The third-order valence-corrected chi connectivity index (χ3v) is 2.97. The summed E-state index contributed by atoms with van der Waals surface area (Å²) in [5, 5.41) is 21.0. The van der Waals surface area contributed by atoms with Crippen LogP contribution in [0.4, 0.5) is 13.2 Å². The molecule has 7 nitrogen and oxygen atoms in total. The van der Waals surface area contributed by atoms with Crippen molar-refractivity contribution >= 4 is 23.7 Å². The van der Waals surface area contributed by atoms with Crippen LogP contribution in [0.25, 0.3) is 11.4 Å². The van der Waals surface area contributed by atoms with Crippen LogP contribution in [-0.4, -0.2) is 40.0 Å². The van der Waals surface area contributed by atoms with Crippen LogP contribution in [0.2, 0.25) is 0 Å². The summed E-state index contributed by atoms with van der Waals surface area (Å²) in [6.07, 6.45) is -3.63. The van der Waals surface area contributed by atoms with E-state index >= 15 is 0 Å². The van der Waals surface area contributed by atoms with Crippen LogP contribution in [0.5, 0.6) is 0 Å². The Bertz CT molecular complexity index is 791. The van der Waals surface area contributed by atoms with Crippen molar-refractivity contribution in [1.82, 2.24) is 15.5 Å². The molecule has 11 heteroatoms. The quantitative estimate of drug-likeness (QED) is 0.662. The minimum atomic E-state index is -4.70. The Morgan fingerprint density at radius 3 is 2.41 bits per heavy atom. The SMILES string of the molecule is C=C(Cl)CO.CC(C=N)NC(=O)c1ccc(-c2noc(C(F)(F)F)n2)cc1. The maximum atomic E-state index is 12.4. The van der Waals surface area contributed by atoms with Gasteiger partial charge in [0, 0.05) is 22.4 Å². The molecule has 0 aliphatic carbocycles. The average molecular weight is 405 g/mol. The molecule has 1 atom stereocenters. The lowest BCUT2D eigenvalue weighted by Gasteiger charge is -2.08. The highest BCUT2D eigenvalue weighted by atomic mass is 35.5. The molecule has 27 heavy (non-hydrogen) atoms. The zero-order valence-corrected chi connectivity index (χ0v) is 14.8. The van der Waals surface area contributed by atoms with Gasteiger partial charge in [0.1, 0.15) is 0 Å². The van der Waals surface area contributed by atoms with Crippen LogP contribution in [0, 0.1) is 5.41 Å². The molecule has 0 radical (unpaired) electrons. The summed E-state index contributed by atoms with van der Waals surface area (Å²) in [7, 11) is 0. The van der Waals surface area contributed by atoms with Crippen LogP contribution in [-0.2, 0) is 6.18 Å². The Morgan fingerprint density at radius 2 is 2.00 bits per heavy atom. The zero-order valence-electron chi connectivity index (χ0n) is 14.0. The molecule has 0 fully saturated rings. The van der Waals surface area contributed by atoms with Crippen molar-refractivity contribution in [1.29, 1.82) is 5.41 Å². The number of nitrogens with one attached hydrogen (secondary N) is 2. The number of aliphatic hydroxyl groups is 1. The van der Waals surface area contributed by atoms with E-state index in [1.165, 1.54) is 24.3 Å². The molecule has 3 N–H and O–H groups in total. The zero-order chi connectivity index (χ0) is 20.6. The maximum Gasteiger partial charge on any atom is 0.471 e. The molecule has 1 aromatic heterocycles. The molecule has 0 saturated heterocycles. The third kappa shape index (κ3) is 7.19. The second-order valence-electron chi connectivity index (χ2n) is 5.10. The normalized spacial score (nSPS) is 11.8. The summed E-state index contributed by atoms with van der Waals surface area (Å²) in [6.45, 7) is 4.70. The fourth-order valence-corrected chi connectivity index (χ4v) is 1.56. The first-order valence-electron chi connectivity index (χ1n) is 7.35. The van der Waals surface area contributed by atoms with Gasteiger partial charge in [-0.25, -0.2) is 0 Å². The van der Waals surface area contributed by atoms with Gasteiger partial charge in [-0.1, -0.05) is 35.5 Å². The number of halogens is 4. The van der Waals surface area contributed by atoms with Crippen LogP contribution in [0.15, 0.2) is 40.4 Å². The highest BCUT2D eigenvalue weighted by Crippen LogP contribution is 2.29. The van der Waals surface area contributed by atoms with Crippen LogP contribution in [0.1, 0.15) is 23.2 Å². The van der Waals surface area contributed by atoms with Gasteiger partial charge in [0.2, 0.25) is 5.82 Å².